The smallest absolute Gasteiger partial charge is 0.326 e. The highest BCUT2D eigenvalue weighted by molar-refractivity contribution is 5.94. The predicted molar refractivity (Wildman–Crippen MR) is 123 cm³/mol. The number of aliphatic hydroxyl groups is 1. The first-order chi connectivity index (χ1) is 16.0. The lowest BCUT2D eigenvalue weighted by Gasteiger charge is -2.27. The summed E-state index contributed by atoms with van der Waals surface area (Å²) in [5.74, 6) is -3.81. The fraction of sp³-hybridized carbons (Fsp3) is 0.667. The van der Waals surface area contributed by atoms with Crippen molar-refractivity contribution in [2.75, 3.05) is 6.54 Å². The molecule has 3 amide bonds. The van der Waals surface area contributed by atoms with Gasteiger partial charge in [0, 0.05) is 18.3 Å². The van der Waals surface area contributed by atoms with Crippen LogP contribution in [0.1, 0.15) is 45.7 Å². The molecule has 0 saturated heterocycles. The first-order valence-corrected chi connectivity index (χ1v) is 11.2. The number of aliphatic hydroxyl groups excluding tert-OH is 1. The Balaban J connectivity index is 2.91. The van der Waals surface area contributed by atoms with Gasteiger partial charge in [0.2, 0.25) is 17.7 Å². The zero-order valence-electron chi connectivity index (χ0n) is 19.8. The standard InChI is InChI=1S/C21H37N7O6/c1-11(2)16(21(33)34)27-20(32)17(12(3)29)28-19(31)15(6-4-5-7-22)26-18(30)14(23)8-13-9-24-10-25-13/h9-12,14-17,29H,4-8,22-23H2,1-3H3,(H,24,25)(H,26,30)(H,27,32)(H,28,31)(H,33,34). The average Bonchev–Trinajstić information content (AvgIpc) is 3.26. The van der Waals surface area contributed by atoms with E-state index in [4.69, 9.17) is 11.5 Å². The molecule has 10 N–H and O–H groups in total. The Morgan fingerprint density at radius 1 is 1.03 bits per heavy atom. The van der Waals surface area contributed by atoms with E-state index in [0.29, 0.717) is 25.1 Å². The Morgan fingerprint density at radius 2 is 1.68 bits per heavy atom. The van der Waals surface area contributed by atoms with E-state index in [2.05, 4.69) is 25.9 Å². The molecule has 0 aliphatic carbocycles. The molecule has 0 saturated carbocycles. The van der Waals surface area contributed by atoms with Gasteiger partial charge in [0.15, 0.2) is 0 Å². The zero-order valence-corrected chi connectivity index (χ0v) is 19.8. The minimum Gasteiger partial charge on any atom is -0.480 e. The molecule has 1 aromatic rings. The fourth-order valence-corrected chi connectivity index (χ4v) is 3.18. The highest BCUT2D eigenvalue weighted by Crippen LogP contribution is 2.07. The predicted octanol–water partition coefficient (Wildman–Crippen LogP) is -2.02. The van der Waals surface area contributed by atoms with Crippen molar-refractivity contribution in [2.24, 2.45) is 17.4 Å². The van der Waals surface area contributed by atoms with Crippen LogP contribution >= 0.6 is 0 Å². The van der Waals surface area contributed by atoms with Gasteiger partial charge in [-0.05, 0) is 38.6 Å². The average molecular weight is 484 g/mol. The number of nitrogens with two attached hydrogens (primary N) is 2. The fourth-order valence-electron chi connectivity index (χ4n) is 3.18. The number of hydrogen-bond donors (Lipinski definition) is 8. The minimum absolute atomic E-state index is 0.174. The largest absolute Gasteiger partial charge is 0.480 e. The summed E-state index contributed by atoms with van der Waals surface area (Å²) in [7, 11) is 0. The molecule has 13 heteroatoms. The van der Waals surface area contributed by atoms with Crippen LogP contribution in [0.3, 0.4) is 0 Å². The van der Waals surface area contributed by atoms with E-state index < -0.39 is 59.9 Å². The van der Waals surface area contributed by atoms with E-state index in [1.807, 2.05) is 0 Å². The summed E-state index contributed by atoms with van der Waals surface area (Å²) in [5.41, 5.74) is 12.1. The topological polar surface area (TPSA) is 226 Å². The second-order valence-corrected chi connectivity index (χ2v) is 8.53. The van der Waals surface area contributed by atoms with Crippen molar-refractivity contribution >= 4 is 23.7 Å². The zero-order chi connectivity index (χ0) is 25.8. The van der Waals surface area contributed by atoms with Crippen LogP contribution in [-0.2, 0) is 25.6 Å². The number of H-pyrrole nitrogens is 1. The van der Waals surface area contributed by atoms with Gasteiger partial charge in [0.25, 0.3) is 0 Å². The monoisotopic (exact) mass is 483 g/mol. The Morgan fingerprint density at radius 3 is 2.18 bits per heavy atom. The third kappa shape index (κ3) is 9.45. The highest BCUT2D eigenvalue weighted by Gasteiger charge is 2.33. The quantitative estimate of drug-likeness (QED) is 0.129. The third-order valence-corrected chi connectivity index (χ3v) is 5.20. The number of aliphatic carboxylic acids is 1. The molecular weight excluding hydrogens is 446 g/mol. The van der Waals surface area contributed by atoms with Gasteiger partial charge < -0.3 is 42.6 Å². The Hall–Kier alpha value is -3.03. The Kier molecular flexibility index (Phi) is 12.2. The summed E-state index contributed by atoms with van der Waals surface area (Å²) < 4.78 is 0. The van der Waals surface area contributed by atoms with Crippen molar-refractivity contribution in [2.45, 2.75) is 76.7 Å². The van der Waals surface area contributed by atoms with Crippen LogP contribution in [0.25, 0.3) is 0 Å². The number of aromatic nitrogens is 2. The number of amides is 3. The van der Waals surface area contributed by atoms with E-state index in [1.165, 1.54) is 19.4 Å². The summed E-state index contributed by atoms with van der Waals surface area (Å²) in [5, 5.41) is 26.7. The maximum atomic E-state index is 13.0. The van der Waals surface area contributed by atoms with Crippen LogP contribution in [0.5, 0.6) is 0 Å². The highest BCUT2D eigenvalue weighted by atomic mass is 16.4. The molecule has 0 aliphatic rings. The summed E-state index contributed by atoms with van der Waals surface area (Å²) in [4.78, 5) is 56.3. The number of imidazole rings is 1. The van der Waals surface area contributed by atoms with Crippen LogP contribution in [0.4, 0.5) is 0 Å². The van der Waals surface area contributed by atoms with E-state index in [1.54, 1.807) is 13.8 Å². The van der Waals surface area contributed by atoms with Gasteiger partial charge in [-0.15, -0.1) is 0 Å². The third-order valence-electron chi connectivity index (χ3n) is 5.20. The van der Waals surface area contributed by atoms with Crippen molar-refractivity contribution < 1.29 is 29.4 Å². The Labute approximate surface area is 198 Å². The Bertz CT molecular complexity index is 800. The number of carbonyl (C=O) groups excluding carboxylic acids is 3. The van der Waals surface area contributed by atoms with Crippen LogP contribution in [0.2, 0.25) is 0 Å². The number of carboxylic acids is 1. The van der Waals surface area contributed by atoms with Gasteiger partial charge in [0.1, 0.15) is 18.1 Å². The first kappa shape index (κ1) is 29.0. The number of unbranched alkanes of at least 4 members (excludes halogenated alkanes) is 1. The summed E-state index contributed by atoms with van der Waals surface area (Å²) in [6, 6.07) is -4.63. The number of aromatic amines is 1. The molecule has 5 atom stereocenters. The SMILES string of the molecule is CC(C)C(NC(=O)C(NC(=O)C(CCCCN)NC(=O)C(N)Cc1cnc[nH]1)C(C)O)C(=O)O. The van der Waals surface area contributed by atoms with Crippen LogP contribution in [0.15, 0.2) is 12.5 Å². The molecule has 0 aromatic carbocycles. The second kappa shape index (κ2) is 14.3. The van der Waals surface area contributed by atoms with Gasteiger partial charge in [-0.1, -0.05) is 13.8 Å². The van der Waals surface area contributed by atoms with Gasteiger partial charge >= 0.3 is 5.97 Å². The lowest BCUT2D eigenvalue weighted by molar-refractivity contribution is -0.144. The molecule has 1 rings (SSSR count). The lowest BCUT2D eigenvalue weighted by Crippen LogP contribution is -2.60. The van der Waals surface area contributed by atoms with Crippen LogP contribution < -0.4 is 27.4 Å². The molecule has 0 radical (unpaired) electrons. The van der Waals surface area contributed by atoms with Crippen molar-refractivity contribution in [3.05, 3.63) is 18.2 Å². The summed E-state index contributed by atoms with van der Waals surface area (Å²) in [6.07, 6.45) is 3.19. The molecule has 0 spiro atoms. The summed E-state index contributed by atoms with van der Waals surface area (Å²) >= 11 is 0. The number of hydrogen-bond acceptors (Lipinski definition) is 8. The molecule has 1 heterocycles. The normalized spacial score (nSPS) is 15.6. The van der Waals surface area contributed by atoms with Gasteiger partial charge in [-0.2, -0.15) is 0 Å². The van der Waals surface area contributed by atoms with Crippen molar-refractivity contribution in [3.8, 4) is 0 Å². The molecule has 192 valence electrons. The molecule has 0 bridgehead atoms. The van der Waals surface area contributed by atoms with E-state index in [9.17, 15) is 29.4 Å². The number of carboxylic acid groups (broad SMARTS) is 1. The maximum absolute atomic E-state index is 13.0. The first-order valence-electron chi connectivity index (χ1n) is 11.2. The lowest BCUT2D eigenvalue weighted by atomic mass is 10.0. The molecule has 1 aromatic heterocycles. The van der Waals surface area contributed by atoms with Crippen LogP contribution in [0, 0.1) is 5.92 Å². The van der Waals surface area contributed by atoms with E-state index >= 15 is 0 Å². The van der Waals surface area contributed by atoms with E-state index in [0.717, 1.165) is 0 Å². The number of nitrogens with zero attached hydrogens (tertiary/aromatic N) is 1. The number of nitrogens with one attached hydrogen (secondary N) is 4. The van der Waals surface area contributed by atoms with Crippen molar-refractivity contribution in [3.63, 3.8) is 0 Å². The van der Waals surface area contributed by atoms with E-state index in [-0.39, 0.29) is 12.8 Å². The molecule has 0 aliphatic heterocycles. The van der Waals surface area contributed by atoms with Crippen LogP contribution in [-0.4, -0.2) is 80.7 Å². The van der Waals surface area contributed by atoms with Gasteiger partial charge in [-0.3, -0.25) is 14.4 Å². The number of carbonyl (C=O) groups is 4. The summed E-state index contributed by atoms with van der Waals surface area (Å²) in [6.45, 7) is 4.92. The van der Waals surface area contributed by atoms with Gasteiger partial charge in [-0.25, -0.2) is 9.78 Å². The molecule has 5 unspecified atom stereocenters. The maximum Gasteiger partial charge on any atom is 0.326 e. The van der Waals surface area contributed by atoms with Crippen molar-refractivity contribution in [1.29, 1.82) is 0 Å². The van der Waals surface area contributed by atoms with Gasteiger partial charge in [0.05, 0.1) is 18.5 Å². The second-order valence-electron chi connectivity index (χ2n) is 8.53. The van der Waals surface area contributed by atoms with Crippen molar-refractivity contribution in [1.82, 2.24) is 25.9 Å². The molecule has 34 heavy (non-hydrogen) atoms. The molecular formula is C21H37N7O6. The molecule has 13 nitrogen and oxygen atoms in total. The molecule has 0 fully saturated rings. The number of rotatable bonds is 15. The minimum atomic E-state index is -1.43.